The van der Waals surface area contributed by atoms with Gasteiger partial charge in [0.05, 0.1) is 41.2 Å². The molecular formula is C35H37NO13S. The molecule has 0 radical (unpaired) electrons. The van der Waals surface area contributed by atoms with Crippen LogP contribution in [0.3, 0.4) is 0 Å². The molecule has 3 aromatic carbocycles. The fourth-order valence-corrected chi connectivity index (χ4v) is 6.99. The summed E-state index contributed by atoms with van der Waals surface area (Å²) in [6.07, 6.45) is -3.12. The molecule has 266 valence electrons. The van der Waals surface area contributed by atoms with Crippen molar-refractivity contribution in [1.82, 2.24) is 0 Å². The smallest absolute Gasteiger partial charge is 0.349 e. The van der Waals surface area contributed by atoms with E-state index in [1.54, 1.807) is 36.4 Å². The summed E-state index contributed by atoms with van der Waals surface area (Å²) in [7, 11) is -1.70. The predicted molar refractivity (Wildman–Crippen MR) is 171 cm³/mol. The fraction of sp³-hybridized carbons (Fsp3) is 0.343. The van der Waals surface area contributed by atoms with Crippen LogP contribution in [0.4, 0.5) is 0 Å². The molecule has 2 aliphatic rings. The van der Waals surface area contributed by atoms with E-state index in [-0.39, 0.29) is 46.3 Å². The second-order valence-electron chi connectivity index (χ2n) is 11.9. The molecule has 1 unspecified atom stereocenters. The molecule has 15 heteroatoms. The van der Waals surface area contributed by atoms with Gasteiger partial charge < -0.3 is 34.1 Å². The molecule has 0 spiro atoms. The topological polar surface area (TPSA) is 204 Å². The minimum absolute atomic E-state index is 0.00252. The van der Waals surface area contributed by atoms with Crippen molar-refractivity contribution in [1.29, 1.82) is 0 Å². The summed E-state index contributed by atoms with van der Waals surface area (Å²) in [6.45, 7) is 3.32. The first-order valence-electron chi connectivity index (χ1n) is 15.6. The minimum atomic E-state index is -3.77. The molecule has 0 amide bonds. The molecule has 3 aromatic rings. The summed E-state index contributed by atoms with van der Waals surface area (Å²) in [6, 6.07) is 21.7. The van der Waals surface area contributed by atoms with E-state index in [1.807, 2.05) is 6.92 Å². The Bertz CT molecular complexity index is 1710. The number of carboxylic acids is 2. The van der Waals surface area contributed by atoms with Crippen molar-refractivity contribution in [2.75, 3.05) is 7.05 Å². The number of rotatable bonds is 11. The third-order valence-corrected chi connectivity index (χ3v) is 9.76. The van der Waals surface area contributed by atoms with Crippen LogP contribution in [-0.4, -0.2) is 86.9 Å². The number of esters is 3. The molecule has 0 saturated carbocycles. The Morgan fingerprint density at radius 3 is 1.80 bits per heavy atom. The third kappa shape index (κ3) is 9.74. The maximum Gasteiger partial charge on any atom is 0.349 e. The quantitative estimate of drug-likeness (QED) is 0.160. The Morgan fingerprint density at radius 1 is 0.800 bits per heavy atom. The number of carbonyl (C=O) groups excluding carboxylic acids is 4. The monoisotopic (exact) mass is 711 g/mol. The lowest BCUT2D eigenvalue weighted by atomic mass is 10.0. The van der Waals surface area contributed by atoms with E-state index in [1.165, 1.54) is 60.4 Å². The molecule has 2 aliphatic heterocycles. The summed E-state index contributed by atoms with van der Waals surface area (Å²) in [5.74, 6) is -6.28. The van der Waals surface area contributed by atoms with Crippen molar-refractivity contribution in [3.63, 3.8) is 0 Å². The molecule has 2 saturated heterocycles. The molecule has 0 aromatic heterocycles. The van der Waals surface area contributed by atoms with Crippen LogP contribution in [0.2, 0.25) is 0 Å². The van der Waals surface area contributed by atoms with Crippen molar-refractivity contribution in [3.05, 3.63) is 102 Å². The molecule has 2 N–H and O–H groups in total. The van der Waals surface area contributed by atoms with E-state index in [0.29, 0.717) is 12.8 Å². The summed E-state index contributed by atoms with van der Waals surface area (Å²) in [5.41, 5.74) is 1.00. The zero-order chi connectivity index (χ0) is 36.6. The summed E-state index contributed by atoms with van der Waals surface area (Å²) >= 11 is 0. The number of piperidine rings is 1. The van der Waals surface area contributed by atoms with Crippen molar-refractivity contribution < 1.29 is 65.9 Å². The maximum atomic E-state index is 12.5. The summed E-state index contributed by atoms with van der Waals surface area (Å²) < 4.78 is 45.3. The third-order valence-electron chi connectivity index (χ3n) is 8.39. The fourth-order valence-electron chi connectivity index (χ4n) is 5.90. The Balaban J connectivity index is 0.000000225. The molecule has 50 heavy (non-hydrogen) atoms. The zero-order valence-corrected chi connectivity index (χ0v) is 28.2. The Kier molecular flexibility index (Phi) is 12.5. The number of benzene rings is 3. The number of fused-ring (bicyclic) bond motifs is 2. The standard InChI is InChI=1S/C18H14O8.C17H23NO5S/c19-15(20)13(25-17(23)11-7-3-1-4-8-11)14(16(21)22)26-18(24)12-9-5-2-6-10-12;1-11-4-6-15(7-5-11)24(20,21)23-14-8-13-9-17(22-12(2)19)16(10-14)18(13)3/h1-10,13-14H,(H,19,20)(H,21,22);4-7,13-14,16-17H,8-10H2,1-3H3/t13-,14-;13-,14-,16+,17-/m10/s1. The van der Waals surface area contributed by atoms with E-state index >= 15 is 0 Å². The van der Waals surface area contributed by atoms with Gasteiger partial charge in [0.15, 0.2) is 12.2 Å². The number of quaternary nitrogens is 1. The molecule has 7 atom stereocenters. The second-order valence-corrected chi connectivity index (χ2v) is 13.5. The van der Waals surface area contributed by atoms with Crippen LogP contribution in [-0.2, 0) is 42.9 Å². The van der Waals surface area contributed by atoms with Crippen molar-refractivity contribution in [3.8, 4) is 0 Å². The van der Waals surface area contributed by atoms with Crippen LogP contribution >= 0.6 is 0 Å². The van der Waals surface area contributed by atoms with Crippen LogP contribution in [0.1, 0.15) is 52.5 Å². The number of aliphatic carboxylic acids is 2. The van der Waals surface area contributed by atoms with Gasteiger partial charge in [-0.25, -0.2) is 14.4 Å². The van der Waals surface area contributed by atoms with Gasteiger partial charge in [0.1, 0.15) is 6.04 Å². The molecule has 0 aliphatic carbocycles. The predicted octanol–water partition coefficient (Wildman–Crippen LogP) is 0.722. The highest BCUT2D eigenvalue weighted by atomic mass is 32.2. The number of hydrogen-bond acceptors (Lipinski definition) is 12. The van der Waals surface area contributed by atoms with Gasteiger partial charge in [0.25, 0.3) is 10.1 Å². The highest BCUT2D eigenvalue weighted by Gasteiger charge is 2.51. The number of nitrogens with one attached hydrogen (secondary N) is 1. The first-order valence-corrected chi connectivity index (χ1v) is 17.0. The number of likely N-dealkylation sites (N-methyl/N-ethyl adjacent to an activating group) is 1. The lowest BCUT2D eigenvalue weighted by Gasteiger charge is -2.33. The Labute approximate surface area is 288 Å². The highest BCUT2D eigenvalue weighted by molar-refractivity contribution is 7.86. The SMILES string of the molecule is CC(=O)O[C@H]1C[C@@H]2C[C@H](OS(=O)(=O)c3ccc(C)cc3)C[C@H]1[NH+]2C.O=C(O[C@@H](C(=O)[O-])[C@@H](OC(=O)c1ccccc1)C(=O)O)c1ccccc1. The Morgan fingerprint density at radius 2 is 1.32 bits per heavy atom. The number of carbonyl (C=O) groups is 5. The molecule has 2 heterocycles. The van der Waals surface area contributed by atoms with Crippen molar-refractivity contribution in [2.45, 2.75) is 74.5 Å². The Hall–Kier alpha value is -5.12. The zero-order valence-electron chi connectivity index (χ0n) is 27.4. The van der Waals surface area contributed by atoms with Gasteiger partial charge in [0.2, 0.25) is 6.10 Å². The lowest BCUT2D eigenvalue weighted by molar-refractivity contribution is -0.924. The van der Waals surface area contributed by atoms with Crippen LogP contribution in [0, 0.1) is 6.92 Å². The van der Waals surface area contributed by atoms with Gasteiger partial charge in [-0.15, -0.1) is 0 Å². The largest absolute Gasteiger partial charge is 0.546 e. The van der Waals surface area contributed by atoms with E-state index < -0.39 is 46.2 Å². The maximum absolute atomic E-state index is 12.5. The highest BCUT2D eigenvalue weighted by Crippen LogP contribution is 2.29. The van der Waals surface area contributed by atoms with Crippen LogP contribution in [0.15, 0.2) is 89.8 Å². The molecule has 2 bridgehead atoms. The molecule has 5 rings (SSSR count). The van der Waals surface area contributed by atoms with Crippen molar-refractivity contribution >= 4 is 40.0 Å². The molecule has 2 fully saturated rings. The second kappa shape index (κ2) is 16.5. The average Bonchev–Trinajstić information content (AvgIpc) is 3.23. The van der Waals surface area contributed by atoms with Crippen molar-refractivity contribution in [2.24, 2.45) is 0 Å². The summed E-state index contributed by atoms with van der Waals surface area (Å²) in [5, 5.41) is 20.5. The number of ether oxygens (including phenoxy) is 3. The average molecular weight is 712 g/mol. The molecule has 14 nitrogen and oxygen atoms in total. The lowest BCUT2D eigenvalue weighted by Crippen LogP contribution is -3.16. The van der Waals surface area contributed by atoms with Gasteiger partial charge in [0, 0.05) is 26.2 Å². The van der Waals surface area contributed by atoms with Crippen LogP contribution < -0.4 is 10.0 Å². The van der Waals surface area contributed by atoms with E-state index in [4.69, 9.17) is 18.4 Å². The van der Waals surface area contributed by atoms with Gasteiger partial charge in [-0.2, -0.15) is 8.42 Å². The summed E-state index contributed by atoms with van der Waals surface area (Å²) in [4.78, 5) is 59.4. The van der Waals surface area contributed by atoms with Gasteiger partial charge >= 0.3 is 23.9 Å². The number of carboxylic acid groups (broad SMARTS) is 2. The normalized spacial score (nSPS) is 22.1. The van der Waals surface area contributed by atoms with Gasteiger partial charge in [-0.05, 0) is 43.3 Å². The van der Waals surface area contributed by atoms with Crippen LogP contribution in [0.25, 0.3) is 0 Å². The van der Waals surface area contributed by atoms with Gasteiger partial charge in [-0.3, -0.25) is 8.98 Å². The van der Waals surface area contributed by atoms with E-state index in [2.05, 4.69) is 7.05 Å². The number of hydrogen-bond donors (Lipinski definition) is 2. The van der Waals surface area contributed by atoms with E-state index in [0.717, 1.165) is 12.0 Å². The first-order chi connectivity index (χ1) is 23.7. The first kappa shape index (κ1) is 37.7. The number of aryl methyl sites for hydroxylation is 1. The van der Waals surface area contributed by atoms with Crippen LogP contribution in [0.5, 0.6) is 0 Å². The van der Waals surface area contributed by atoms with Gasteiger partial charge in [-0.1, -0.05) is 54.1 Å². The van der Waals surface area contributed by atoms with E-state index in [9.17, 15) is 42.6 Å². The minimum Gasteiger partial charge on any atom is -0.546 e. The molecular weight excluding hydrogens is 674 g/mol.